The quantitative estimate of drug-likeness (QED) is 0.215. The highest BCUT2D eigenvalue weighted by molar-refractivity contribution is 5.92. The summed E-state index contributed by atoms with van der Waals surface area (Å²) in [5.74, 6) is -4.16. The number of nitrogens with zero attached hydrogens (tertiary/aromatic N) is 1. The summed E-state index contributed by atoms with van der Waals surface area (Å²) < 4.78 is 0. The molecule has 1 saturated heterocycles. The number of carboxylic acid groups (broad SMARTS) is 2. The van der Waals surface area contributed by atoms with Gasteiger partial charge in [0.25, 0.3) is 0 Å². The first kappa shape index (κ1) is 31.1. The maximum Gasteiger partial charge on any atom is 0.326 e. The van der Waals surface area contributed by atoms with Crippen LogP contribution in [0.15, 0.2) is 30.3 Å². The van der Waals surface area contributed by atoms with Crippen molar-refractivity contribution in [2.75, 3.05) is 6.54 Å². The molecular formula is C29H42N4O7. The normalized spacial score (nSPS) is 22.4. The molecule has 40 heavy (non-hydrogen) atoms. The van der Waals surface area contributed by atoms with Gasteiger partial charge in [0, 0.05) is 12.5 Å². The van der Waals surface area contributed by atoms with Crippen molar-refractivity contribution in [2.45, 2.75) is 101 Å². The Labute approximate surface area is 234 Å². The molecule has 1 aromatic rings. The molecule has 6 N–H and O–H groups in total. The molecule has 0 radical (unpaired) electrons. The van der Waals surface area contributed by atoms with Crippen molar-refractivity contribution in [3.8, 4) is 0 Å². The fourth-order valence-corrected chi connectivity index (χ4v) is 5.92. The molecule has 11 heteroatoms. The molecule has 0 aromatic heterocycles. The Kier molecular flexibility index (Phi) is 11.5. The van der Waals surface area contributed by atoms with E-state index in [4.69, 9.17) is 5.73 Å². The fourth-order valence-electron chi connectivity index (χ4n) is 5.92. The van der Waals surface area contributed by atoms with E-state index < -0.39 is 47.8 Å². The minimum absolute atomic E-state index is 0.143. The van der Waals surface area contributed by atoms with Crippen LogP contribution in [0.2, 0.25) is 0 Å². The SMILES string of the molecule is CC(C(=O)N[C@@H](CCCCN)C(=O)N[C@H](CCC(=O)N1[C@H](C(=O)O)C[C@@H]2CCCC[C@@H]21)C(=O)O)c1ccccc1. The molecule has 1 aliphatic carbocycles. The third-order valence-electron chi connectivity index (χ3n) is 8.20. The van der Waals surface area contributed by atoms with E-state index >= 15 is 0 Å². The van der Waals surface area contributed by atoms with Gasteiger partial charge in [0.1, 0.15) is 18.1 Å². The number of aliphatic carboxylic acids is 2. The topological polar surface area (TPSA) is 179 Å². The zero-order valence-corrected chi connectivity index (χ0v) is 23.1. The van der Waals surface area contributed by atoms with Crippen LogP contribution in [-0.2, 0) is 24.0 Å². The van der Waals surface area contributed by atoms with Gasteiger partial charge < -0.3 is 31.5 Å². The number of hydrogen-bond acceptors (Lipinski definition) is 6. The van der Waals surface area contributed by atoms with Gasteiger partial charge in [-0.15, -0.1) is 0 Å². The predicted octanol–water partition coefficient (Wildman–Crippen LogP) is 2.00. The number of hydrogen-bond donors (Lipinski definition) is 5. The van der Waals surface area contributed by atoms with Crippen LogP contribution in [0.3, 0.4) is 0 Å². The highest BCUT2D eigenvalue weighted by atomic mass is 16.4. The molecule has 0 bridgehead atoms. The van der Waals surface area contributed by atoms with E-state index in [-0.39, 0.29) is 37.1 Å². The smallest absolute Gasteiger partial charge is 0.326 e. The number of rotatable bonds is 14. The lowest BCUT2D eigenvalue weighted by Gasteiger charge is -2.33. The third-order valence-corrected chi connectivity index (χ3v) is 8.20. The molecule has 220 valence electrons. The molecule has 11 nitrogen and oxygen atoms in total. The lowest BCUT2D eigenvalue weighted by molar-refractivity contribution is -0.150. The van der Waals surface area contributed by atoms with Gasteiger partial charge in [-0.3, -0.25) is 14.4 Å². The van der Waals surface area contributed by atoms with Crippen LogP contribution in [0, 0.1) is 5.92 Å². The second kappa shape index (κ2) is 14.8. The van der Waals surface area contributed by atoms with Gasteiger partial charge in [-0.25, -0.2) is 9.59 Å². The van der Waals surface area contributed by atoms with Gasteiger partial charge in [0.2, 0.25) is 17.7 Å². The first-order valence-electron chi connectivity index (χ1n) is 14.3. The van der Waals surface area contributed by atoms with Gasteiger partial charge in [-0.2, -0.15) is 0 Å². The number of likely N-dealkylation sites (tertiary alicyclic amines) is 1. The molecule has 0 spiro atoms. The third kappa shape index (κ3) is 8.03. The molecule has 6 atom stereocenters. The Balaban J connectivity index is 1.64. The van der Waals surface area contributed by atoms with E-state index in [0.717, 1.165) is 31.2 Å². The van der Waals surface area contributed by atoms with E-state index in [9.17, 15) is 34.2 Å². The highest BCUT2D eigenvalue weighted by Gasteiger charge is 2.47. The maximum atomic E-state index is 13.2. The summed E-state index contributed by atoms with van der Waals surface area (Å²) in [6, 6.07) is 5.71. The Hall–Kier alpha value is -3.47. The van der Waals surface area contributed by atoms with Crippen LogP contribution in [0.1, 0.15) is 82.6 Å². The molecule has 3 rings (SSSR count). The average molecular weight is 559 g/mol. The molecule has 1 saturated carbocycles. The van der Waals surface area contributed by atoms with Gasteiger partial charge in [-0.05, 0) is 69.9 Å². The van der Waals surface area contributed by atoms with Crippen LogP contribution >= 0.6 is 0 Å². The number of nitrogens with two attached hydrogens (primary N) is 1. The summed E-state index contributed by atoms with van der Waals surface area (Å²) in [5.41, 5.74) is 6.37. The second-order valence-corrected chi connectivity index (χ2v) is 10.9. The van der Waals surface area contributed by atoms with Crippen LogP contribution < -0.4 is 16.4 Å². The summed E-state index contributed by atoms with van der Waals surface area (Å²) >= 11 is 0. The van der Waals surface area contributed by atoms with Crippen LogP contribution in [0.25, 0.3) is 0 Å². The van der Waals surface area contributed by atoms with Gasteiger partial charge in [0.05, 0.1) is 5.92 Å². The minimum atomic E-state index is -1.37. The van der Waals surface area contributed by atoms with E-state index in [0.29, 0.717) is 25.8 Å². The summed E-state index contributed by atoms with van der Waals surface area (Å²) in [7, 11) is 0. The Morgan fingerprint density at radius 2 is 1.62 bits per heavy atom. The maximum absolute atomic E-state index is 13.2. The van der Waals surface area contributed by atoms with Crippen molar-refractivity contribution in [1.82, 2.24) is 15.5 Å². The minimum Gasteiger partial charge on any atom is -0.480 e. The first-order chi connectivity index (χ1) is 19.1. The molecule has 1 unspecified atom stereocenters. The molecule has 2 aliphatic rings. The monoisotopic (exact) mass is 558 g/mol. The molecular weight excluding hydrogens is 516 g/mol. The zero-order valence-electron chi connectivity index (χ0n) is 23.1. The number of carbonyl (C=O) groups excluding carboxylic acids is 3. The summed E-state index contributed by atoms with van der Waals surface area (Å²) in [4.78, 5) is 64.6. The van der Waals surface area contributed by atoms with Crippen LogP contribution in [0.4, 0.5) is 0 Å². The standard InChI is InChI=1S/C29H42N4O7/c1-18(19-9-3-2-4-10-19)26(35)31-21(12-7-8-16-30)27(36)32-22(28(37)38)14-15-25(34)33-23-13-6-5-11-20(23)17-24(33)29(39)40/h2-4,9-10,18,20-24H,5-8,11-17,30H2,1H3,(H,31,35)(H,32,36)(H,37,38)(H,39,40)/t18?,20-,21-,22+,23-,24-/m0/s1. The molecule has 1 heterocycles. The van der Waals surface area contributed by atoms with Gasteiger partial charge in [-0.1, -0.05) is 43.2 Å². The van der Waals surface area contributed by atoms with Crippen LogP contribution in [0.5, 0.6) is 0 Å². The Morgan fingerprint density at radius 3 is 2.27 bits per heavy atom. The Morgan fingerprint density at radius 1 is 0.950 bits per heavy atom. The molecule has 1 aromatic carbocycles. The number of benzene rings is 1. The lowest BCUT2D eigenvalue weighted by atomic mass is 9.84. The van der Waals surface area contributed by atoms with Crippen molar-refractivity contribution in [1.29, 1.82) is 0 Å². The predicted molar refractivity (Wildman–Crippen MR) is 147 cm³/mol. The molecule has 1 aliphatic heterocycles. The van der Waals surface area contributed by atoms with E-state index in [1.54, 1.807) is 6.92 Å². The number of nitrogens with one attached hydrogen (secondary N) is 2. The van der Waals surface area contributed by atoms with Crippen molar-refractivity contribution in [2.24, 2.45) is 11.7 Å². The van der Waals surface area contributed by atoms with Crippen LogP contribution in [-0.4, -0.2) is 75.5 Å². The average Bonchev–Trinajstić information content (AvgIpc) is 3.34. The van der Waals surface area contributed by atoms with E-state index in [1.807, 2.05) is 30.3 Å². The second-order valence-electron chi connectivity index (χ2n) is 10.9. The molecule has 3 amide bonds. The van der Waals surface area contributed by atoms with Crippen molar-refractivity contribution in [3.63, 3.8) is 0 Å². The van der Waals surface area contributed by atoms with Gasteiger partial charge in [0.15, 0.2) is 0 Å². The van der Waals surface area contributed by atoms with E-state index in [2.05, 4.69) is 10.6 Å². The van der Waals surface area contributed by atoms with Crippen molar-refractivity contribution < 1.29 is 34.2 Å². The highest BCUT2D eigenvalue weighted by Crippen LogP contribution is 2.40. The number of carboxylic acids is 2. The summed E-state index contributed by atoms with van der Waals surface area (Å²) in [5, 5.41) is 24.8. The summed E-state index contributed by atoms with van der Waals surface area (Å²) in [6.07, 6.45) is 5.03. The number of fused-ring (bicyclic) bond motifs is 1. The van der Waals surface area contributed by atoms with E-state index in [1.165, 1.54) is 4.90 Å². The van der Waals surface area contributed by atoms with Crippen molar-refractivity contribution in [3.05, 3.63) is 35.9 Å². The molecule has 2 fully saturated rings. The fraction of sp³-hybridized carbons (Fsp3) is 0.621. The first-order valence-corrected chi connectivity index (χ1v) is 14.3. The van der Waals surface area contributed by atoms with Gasteiger partial charge >= 0.3 is 11.9 Å². The number of carbonyl (C=O) groups is 5. The summed E-state index contributed by atoms with van der Waals surface area (Å²) in [6.45, 7) is 2.14. The zero-order chi connectivity index (χ0) is 29.2. The number of amides is 3. The lowest BCUT2D eigenvalue weighted by Crippen LogP contribution is -2.52. The Bertz CT molecular complexity index is 1050. The van der Waals surface area contributed by atoms with Crippen molar-refractivity contribution >= 4 is 29.7 Å². The number of unbranched alkanes of at least 4 members (excludes halogenated alkanes) is 1. The largest absolute Gasteiger partial charge is 0.480 e.